The Morgan fingerprint density at radius 1 is 1.19 bits per heavy atom. The zero-order valence-corrected chi connectivity index (χ0v) is 14.7. The van der Waals surface area contributed by atoms with Gasteiger partial charge in [-0.25, -0.2) is 0 Å². The summed E-state index contributed by atoms with van der Waals surface area (Å²) in [6.45, 7) is 3.11. The number of hydrogen-bond acceptors (Lipinski definition) is 6. The summed E-state index contributed by atoms with van der Waals surface area (Å²) in [6.07, 6.45) is 1.90. The lowest BCUT2D eigenvalue weighted by atomic mass is 10.0. The van der Waals surface area contributed by atoms with Crippen molar-refractivity contribution in [3.05, 3.63) is 76.0 Å². The van der Waals surface area contributed by atoms with E-state index in [-0.39, 0.29) is 16.7 Å². The van der Waals surface area contributed by atoms with E-state index in [1.165, 1.54) is 6.07 Å². The number of morpholine rings is 1. The average molecular weight is 368 g/mol. The Morgan fingerprint density at radius 3 is 2.70 bits per heavy atom. The van der Waals surface area contributed by atoms with E-state index in [2.05, 4.69) is 4.90 Å². The van der Waals surface area contributed by atoms with Gasteiger partial charge in [0.05, 0.1) is 24.2 Å². The van der Waals surface area contributed by atoms with Gasteiger partial charge in [-0.3, -0.25) is 15.0 Å². The Labute approximate surface area is 156 Å². The number of non-ortho nitro benzene ring substituents is 1. The topological polar surface area (TPSA) is 74.1 Å². The molecule has 2 heterocycles. The number of nitro groups is 1. The molecular formula is C20H20N2O5. The quantitative estimate of drug-likeness (QED) is 0.595. The predicted molar refractivity (Wildman–Crippen MR) is 98.9 cm³/mol. The molecule has 2 aliphatic rings. The number of ether oxygens (including phenoxy) is 3. The van der Waals surface area contributed by atoms with Gasteiger partial charge in [-0.1, -0.05) is 18.2 Å². The molecule has 1 atom stereocenters. The fraction of sp³-hybridized carbons (Fsp3) is 0.300. The molecule has 0 spiro atoms. The molecule has 0 saturated carbocycles. The van der Waals surface area contributed by atoms with Gasteiger partial charge >= 0.3 is 0 Å². The lowest BCUT2D eigenvalue weighted by Crippen LogP contribution is -2.39. The van der Waals surface area contributed by atoms with Crippen molar-refractivity contribution in [1.29, 1.82) is 0 Å². The summed E-state index contributed by atoms with van der Waals surface area (Å²) < 4.78 is 17.2. The molecule has 2 aliphatic heterocycles. The number of benzene rings is 2. The summed E-state index contributed by atoms with van der Waals surface area (Å²) in [5.41, 5.74) is 0.884. The molecule has 4 rings (SSSR count). The minimum atomic E-state index is -0.378. The largest absolute Gasteiger partial charge is 0.489 e. The van der Waals surface area contributed by atoms with Gasteiger partial charge < -0.3 is 14.2 Å². The number of fused-ring (bicyclic) bond motifs is 1. The monoisotopic (exact) mass is 368 g/mol. The molecule has 0 bridgehead atoms. The SMILES string of the molecule is O=[N+]([O-])c1ccc2c(c1)[C@H](N1CCOCC1)/C(=C/COc1ccccc1)O2. The first-order chi connectivity index (χ1) is 13.2. The van der Waals surface area contributed by atoms with E-state index >= 15 is 0 Å². The van der Waals surface area contributed by atoms with E-state index in [9.17, 15) is 10.1 Å². The average Bonchev–Trinajstić information content (AvgIpc) is 3.07. The fourth-order valence-electron chi connectivity index (χ4n) is 3.39. The van der Waals surface area contributed by atoms with Crippen LogP contribution in [0.25, 0.3) is 0 Å². The Hall–Kier alpha value is -2.90. The van der Waals surface area contributed by atoms with Crippen molar-refractivity contribution < 1.29 is 19.1 Å². The van der Waals surface area contributed by atoms with Crippen molar-refractivity contribution in [2.45, 2.75) is 6.04 Å². The van der Waals surface area contributed by atoms with Gasteiger partial charge in [0.2, 0.25) is 0 Å². The van der Waals surface area contributed by atoms with Crippen molar-refractivity contribution >= 4 is 5.69 Å². The maximum atomic E-state index is 11.2. The molecule has 2 aromatic carbocycles. The molecule has 140 valence electrons. The molecule has 0 aliphatic carbocycles. The first kappa shape index (κ1) is 17.5. The van der Waals surface area contributed by atoms with Gasteiger partial charge in [-0.15, -0.1) is 0 Å². The summed E-state index contributed by atoms with van der Waals surface area (Å²) in [5.74, 6) is 2.18. The van der Waals surface area contributed by atoms with Gasteiger partial charge in [0.25, 0.3) is 5.69 Å². The van der Waals surface area contributed by atoms with Gasteiger partial charge in [0.15, 0.2) is 0 Å². The van der Waals surface area contributed by atoms with Crippen LogP contribution in [0.1, 0.15) is 11.6 Å². The fourth-order valence-corrected chi connectivity index (χ4v) is 3.39. The molecule has 1 saturated heterocycles. The van der Waals surface area contributed by atoms with Crippen LogP contribution in [0.5, 0.6) is 11.5 Å². The summed E-state index contributed by atoms with van der Waals surface area (Å²) >= 11 is 0. The smallest absolute Gasteiger partial charge is 0.270 e. The van der Waals surface area contributed by atoms with Crippen LogP contribution in [0.15, 0.2) is 60.4 Å². The van der Waals surface area contributed by atoms with Crippen molar-refractivity contribution in [2.75, 3.05) is 32.9 Å². The van der Waals surface area contributed by atoms with Gasteiger partial charge in [0.1, 0.15) is 23.9 Å². The maximum absolute atomic E-state index is 11.2. The zero-order valence-electron chi connectivity index (χ0n) is 14.7. The molecule has 0 amide bonds. The predicted octanol–water partition coefficient (Wildman–Crippen LogP) is 3.32. The van der Waals surface area contributed by atoms with Crippen LogP contribution in [0.2, 0.25) is 0 Å². The van der Waals surface area contributed by atoms with Crippen LogP contribution in [-0.2, 0) is 4.74 Å². The molecule has 0 aromatic heterocycles. The Balaban J connectivity index is 1.59. The third-order valence-corrected chi connectivity index (χ3v) is 4.68. The second kappa shape index (κ2) is 7.77. The number of para-hydroxylation sites is 1. The van der Waals surface area contributed by atoms with Crippen molar-refractivity contribution in [3.63, 3.8) is 0 Å². The molecule has 0 unspecified atom stereocenters. The van der Waals surface area contributed by atoms with Crippen LogP contribution in [0.4, 0.5) is 5.69 Å². The maximum Gasteiger partial charge on any atom is 0.270 e. The second-order valence-electron chi connectivity index (χ2n) is 6.36. The first-order valence-electron chi connectivity index (χ1n) is 8.88. The Morgan fingerprint density at radius 2 is 1.96 bits per heavy atom. The van der Waals surface area contributed by atoms with E-state index in [0.29, 0.717) is 25.6 Å². The Kier molecular flexibility index (Phi) is 5.04. The highest BCUT2D eigenvalue weighted by Crippen LogP contribution is 2.44. The summed E-state index contributed by atoms with van der Waals surface area (Å²) in [5, 5.41) is 11.2. The van der Waals surface area contributed by atoms with Crippen LogP contribution in [-0.4, -0.2) is 42.7 Å². The summed E-state index contributed by atoms with van der Waals surface area (Å²) in [7, 11) is 0. The minimum Gasteiger partial charge on any atom is -0.489 e. The molecule has 27 heavy (non-hydrogen) atoms. The number of nitrogens with zero attached hydrogens (tertiary/aromatic N) is 2. The highest BCUT2D eigenvalue weighted by atomic mass is 16.6. The highest BCUT2D eigenvalue weighted by molar-refractivity contribution is 5.51. The lowest BCUT2D eigenvalue weighted by Gasteiger charge is -2.32. The summed E-state index contributed by atoms with van der Waals surface area (Å²) in [4.78, 5) is 13.0. The van der Waals surface area contributed by atoms with E-state index in [1.807, 2.05) is 36.4 Å². The third kappa shape index (κ3) is 3.79. The third-order valence-electron chi connectivity index (χ3n) is 4.68. The van der Waals surface area contributed by atoms with Crippen LogP contribution in [0.3, 0.4) is 0 Å². The molecule has 7 heteroatoms. The van der Waals surface area contributed by atoms with Crippen molar-refractivity contribution in [3.8, 4) is 11.5 Å². The van der Waals surface area contributed by atoms with E-state index in [1.54, 1.807) is 12.1 Å². The van der Waals surface area contributed by atoms with Crippen molar-refractivity contribution in [1.82, 2.24) is 4.90 Å². The number of nitro benzene ring substituents is 1. The Bertz CT molecular complexity index is 847. The molecule has 1 fully saturated rings. The number of hydrogen-bond donors (Lipinski definition) is 0. The molecule has 0 radical (unpaired) electrons. The van der Waals surface area contributed by atoms with Crippen molar-refractivity contribution in [2.24, 2.45) is 0 Å². The molecule has 0 N–H and O–H groups in total. The highest BCUT2D eigenvalue weighted by Gasteiger charge is 2.36. The van der Waals surface area contributed by atoms with Crippen LogP contribution >= 0.6 is 0 Å². The second-order valence-corrected chi connectivity index (χ2v) is 6.36. The van der Waals surface area contributed by atoms with E-state index in [0.717, 1.165) is 30.2 Å². The van der Waals surface area contributed by atoms with Gasteiger partial charge in [0, 0.05) is 30.8 Å². The standard InChI is InChI=1S/C20H20N2O5/c23-22(24)15-6-7-18-17(14-15)20(21-9-12-25-13-10-21)19(27-18)8-11-26-16-4-2-1-3-5-16/h1-8,14,20H,9-13H2/b19-8-/t20-/m0/s1. The minimum absolute atomic E-state index is 0.0670. The normalized spacial score (nSPS) is 20.9. The van der Waals surface area contributed by atoms with Crippen LogP contribution in [0, 0.1) is 10.1 Å². The lowest BCUT2D eigenvalue weighted by molar-refractivity contribution is -0.384. The molecule has 7 nitrogen and oxygen atoms in total. The van der Waals surface area contributed by atoms with Gasteiger partial charge in [-0.2, -0.15) is 0 Å². The molecule has 2 aromatic rings. The van der Waals surface area contributed by atoms with E-state index < -0.39 is 0 Å². The summed E-state index contributed by atoms with van der Waals surface area (Å²) in [6, 6.07) is 14.1. The van der Waals surface area contributed by atoms with E-state index in [4.69, 9.17) is 14.2 Å². The first-order valence-corrected chi connectivity index (χ1v) is 8.88. The van der Waals surface area contributed by atoms with Gasteiger partial charge in [-0.05, 0) is 24.3 Å². The molecular weight excluding hydrogens is 348 g/mol. The number of rotatable bonds is 5. The van der Waals surface area contributed by atoms with Crippen LogP contribution < -0.4 is 9.47 Å². The zero-order chi connectivity index (χ0) is 18.6.